The van der Waals surface area contributed by atoms with Crippen LogP contribution in [-0.4, -0.2) is 25.4 Å². The van der Waals surface area contributed by atoms with E-state index in [0.29, 0.717) is 24.0 Å². The molecule has 0 spiro atoms. The lowest BCUT2D eigenvalue weighted by atomic mass is 9.94. The largest absolute Gasteiger partial charge is 0.494 e. The highest BCUT2D eigenvalue weighted by atomic mass is 19.1. The van der Waals surface area contributed by atoms with Crippen molar-refractivity contribution in [3.8, 4) is 5.75 Å². The predicted molar refractivity (Wildman–Crippen MR) is 70.8 cm³/mol. The van der Waals surface area contributed by atoms with Crippen LogP contribution in [0.25, 0.3) is 0 Å². The zero-order valence-corrected chi connectivity index (χ0v) is 11.4. The number of halogens is 1. The van der Waals surface area contributed by atoms with Gasteiger partial charge in [-0.25, -0.2) is 4.39 Å². The molecule has 0 saturated carbocycles. The first kappa shape index (κ1) is 12.9. The highest BCUT2D eigenvalue weighted by Gasteiger charge is 2.41. The fourth-order valence-electron chi connectivity index (χ4n) is 3.18. The van der Waals surface area contributed by atoms with Crippen molar-refractivity contribution in [2.24, 2.45) is 0 Å². The number of nitrogens with one attached hydrogen (secondary N) is 1. The maximum absolute atomic E-state index is 13.4. The normalized spacial score (nSPS) is 30.6. The zero-order chi connectivity index (χ0) is 13.4. The van der Waals surface area contributed by atoms with Gasteiger partial charge in [0.15, 0.2) is 11.6 Å². The molecule has 104 valence electrons. The molecule has 1 aromatic rings. The van der Waals surface area contributed by atoms with Crippen molar-refractivity contribution in [2.75, 3.05) is 7.11 Å². The van der Waals surface area contributed by atoms with Crippen molar-refractivity contribution in [2.45, 2.75) is 50.5 Å². The van der Waals surface area contributed by atoms with E-state index in [9.17, 15) is 4.39 Å². The van der Waals surface area contributed by atoms with Crippen LogP contribution in [-0.2, 0) is 4.74 Å². The molecule has 2 saturated heterocycles. The molecule has 2 heterocycles. The molecule has 0 aromatic heterocycles. The number of ether oxygens (including phenoxy) is 2. The smallest absolute Gasteiger partial charge is 0.165 e. The minimum Gasteiger partial charge on any atom is -0.494 e. The SMILES string of the molecule is COc1cc([C@@H](C)N[C@H]2C[C@@H]3CC[C@@H]2O3)ccc1F. The molecule has 1 N–H and O–H groups in total. The standard InChI is InChI=1S/C15H20FNO2/c1-9(10-3-5-12(16)15(7-10)18-2)17-13-8-11-4-6-14(13)19-11/h3,5,7,9,11,13-14,17H,4,6,8H2,1-2H3/t9-,11+,13+,14+/m1/s1. The van der Waals surface area contributed by atoms with Crippen molar-refractivity contribution >= 4 is 0 Å². The maximum atomic E-state index is 13.4. The summed E-state index contributed by atoms with van der Waals surface area (Å²) in [6.07, 6.45) is 4.24. The molecule has 0 aliphatic carbocycles. The van der Waals surface area contributed by atoms with Crippen LogP contribution in [0.4, 0.5) is 4.39 Å². The van der Waals surface area contributed by atoms with Gasteiger partial charge in [-0.3, -0.25) is 0 Å². The van der Waals surface area contributed by atoms with E-state index in [4.69, 9.17) is 9.47 Å². The van der Waals surface area contributed by atoms with E-state index in [1.165, 1.54) is 19.6 Å². The van der Waals surface area contributed by atoms with Crippen molar-refractivity contribution in [1.82, 2.24) is 5.32 Å². The lowest BCUT2D eigenvalue weighted by Gasteiger charge is -2.25. The number of hydrogen-bond donors (Lipinski definition) is 1. The highest BCUT2D eigenvalue weighted by molar-refractivity contribution is 5.32. The van der Waals surface area contributed by atoms with E-state index in [0.717, 1.165) is 18.4 Å². The van der Waals surface area contributed by atoms with Gasteiger partial charge in [-0.1, -0.05) is 6.07 Å². The van der Waals surface area contributed by atoms with Gasteiger partial charge in [0.25, 0.3) is 0 Å². The Labute approximate surface area is 113 Å². The number of hydrogen-bond acceptors (Lipinski definition) is 3. The van der Waals surface area contributed by atoms with E-state index in [1.54, 1.807) is 6.07 Å². The van der Waals surface area contributed by atoms with Gasteiger partial charge in [0.2, 0.25) is 0 Å². The summed E-state index contributed by atoms with van der Waals surface area (Å²) in [7, 11) is 1.49. The summed E-state index contributed by atoms with van der Waals surface area (Å²) < 4.78 is 24.3. The van der Waals surface area contributed by atoms with Gasteiger partial charge in [-0.2, -0.15) is 0 Å². The summed E-state index contributed by atoms with van der Waals surface area (Å²) in [6.45, 7) is 2.10. The molecule has 0 unspecified atom stereocenters. The second kappa shape index (κ2) is 5.10. The number of rotatable bonds is 4. The Hall–Kier alpha value is -1.13. The zero-order valence-electron chi connectivity index (χ0n) is 11.4. The first-order valence-corrected chi connectivity index (χ1v) is 6.92. The van der Waals surface area contributed by atoms with Crippen LogP contribution in [0.5, 0.6) is 5.75 Å². The fraction of sp³-hybridized carbons (Fsp3) is 0.600. The molecule has 0 amide bonds. The Morgan fingerprint density at radius 2 is 2.26 bits per heavy atom. The third-order valence-electron chi connectivity index (χ3n) is 4.25. The lowest BCUT2D eigenvalue weighted by molar-refractivity contribution is 0.0962. The third kappa shape index (κ3) is 2.47. The van der Waals surface area contributed by atoms with Gasteiger partial charge in [0, 0.05) is 12.1 Å². The topological polar surface area (TPSA) is 30.5 Å². The number of benzene rings is 1. The van der Waals surface area contributed by atoms with Crippen LogP contribution in [0.15, 0.2) is 18.2 Å². The quantitative estimate of drug-likeness (QED) is 0.908. The first-order chi connectivity index (χ1) is 9.17. The van der Waals surface area contributed by atoms with Crippen molar-refractivity contribution in [3.05, 3.63) is 29.6 Å². The van der Waals surface area contributed by atoms with E-state index < -0.39 is 0 Å². The Kier molecular flexibility index (Phi) is 3.46. The molecule has 0 radical (unpaired) electrons. The van der Waals surface area contributed by atoms with Crippen LogP contribution in [0.2, 0.25) is 0 Å². The summed E-state index contributed by atoms with van der Waals surface area (Å²) >= 11 is 0. The highest BCUT2D eigenvalue weighted by Crippen LogP contribution is 2.35. The van der Waals surface area contributed by atoms with E-state index in [1.807, 2.05) is 6.07 Å². The van der Waals surface area contributed by atoms with Gasteiger partial charge in [0.05, 0.1) is 19.3 Å². The molecule has 4 atom stereocenters. The molecule has 3 nitrogen and oxygen atoms in total. The van der Waals surface area contributed by atoms with Crippen LogP contribution in [0.3, 0.4) is 0 Å². The Balaban J connectivity index is 1.68. The number of methoxy groups -OCH3 is 1. The maximum Gasteiger partial charge on any atom is 0.165 e. The summed E-state index contributed by atoms with van der Waals surface area (Å²) in [5.41, 5.74) is 1.04. The summed E-state index contributed by atoms with van der Waals surface area (Å²) in [5.74, 6) is -0.0166. The molecular weight excluding hydrogens is 245 g/mol. The monoisotopic (exact) mass is 265 g/mol. The average molecular weight is 265 g/mol. The van der Waals surface area contributed by atoms with E-state index in [-0.39, 0.29) is 11.9 Å². The summed E-state index contributed by atoms with van der Waals surface area (Å²) in [5, 5.41) is 3.59. The van der Waals surface area contributed by atoms with Gasteiger partial charge in [-0.15, -0.1) is 0 Å². The van der Waals surface area contributed by atoms with Crippen LogP contribution >= 0.6 is 0 Å². The molecular formula is C15H20FNO2. The Bertz CT molecular complexity index is 465. The van der Waals surface area contributed by atoms with Gasteiger partial charge in [0.1, 0.15) is 0 Å². The van der Waals surface area contributed by atoms with Crippen LogP contribution < -0.4 is 10.1 Å². The molecule has 19 heavy (non-hydrogen) atoms. The van der Waals surface area contributed by atoms with E-state index >= 15 is 0 Å². The lowest BCUT2D eigenvalue weighted by Crippen LogP contribution is -2.38. The minimum atomic E-state index is -0.318. The van der Waals surface area contributed by atoms with Gasteiger partial charge in [-0.05, 0) is 43.9 Å². The van der Waals surface area contributed by atoms with Crippen LogP contribution in [0.1, 0.15) is 37.8 Å². The van der Waals surface area contributed by atoms with Crippen molar-refractivity contribution < 1.29 is 13.9 Å². The molecule has 1 aromatic carbocycles. The van der Waals surface area contributed by atoms with Crippen LogP contribution in [0, 0.1) is 5.82 Å². The summed E-state index contributed by atoms with van der Waals surface area (Å²) in [4.78, 5) is 0. The molecule has 2 aliphatic heterocycles. The number of fused-ring (bicyclic) bond motifs is 2. The Morgan fingerprint density at radius 3 is 2.89 bits per heavy atom. The third-order valence-corrected chi connectivity index (χ3v) is 4.25. The molecule has 2 fully saturated rings. The molecule has 3 rings (SSSR count). The first-order valence-electron chi connectivity index (χ1n) is 6.92. The minimum absolute atomic E-state index is 0.169. The van der Waals surface area contributed by atoms with E-state index in [2.05, 4.69) is 12.2 Å². The predicted octanol–water partition coefficient (Wildman–Crippen LogP) is 2.80. The summed E-state index contributed by atoms with van der Waals surface area (Å²) in [6, 6.07) is 5.63. The fourth-order valence-corrected chi connectivity index (χ4v) is 3.18. The van der Waals surface area contributed by atoms with Gasteiger partial charge < -0.3 is 14.8 Å². The second-order valence-corrected chi connectivity index (χ2v) is 5.50. The molecule has 2 bridgehead atoms. The molecule has 2 aliphatic rings. The van der Waals surface area contributed by atoms with Crippen molar-refractivity contribution in [1.29, 1.82) is 0 Å². The second-order valence-electron chi connectivity index (χ2n) is 5.50. The van der Waals surface area contributed by atoms with Gasteiger partial charge >= 0.3 is 0 Å². The van der Waals surface area contributed by atoms with Crippen molar-refractivity contribution in [3.63, 3.8) is 0 Å². The molecule has 4 heteroatoms. The Morgan fingerprint density at radius 1 is 1.42 bits per heavy atom. The average Bonchev–Trinajstić information content (AvgIpc) is 3.01.